The van der Waals surface area contributed by atoms with Crippen molar-refractivity contribution in [1.29, 1.82) is 0 Å². The van der Waals surface area contributed by atoms with E-state index in [0.29, 0.717) is 0 Å². The predicted octanol–water partition coefficient (Wildman–Crippen LogP) is 4.67. The Morgan fingerprint density at radius 3 is 2.57 bits per heavy atom. The molecule has 0 aliphatic heterocycles. The van der Waals surface area contributed by atoms with Crippen molar-refractivity contribution in [2.45, 2.75) is 51.5 Å². The molecule has 1 aromatic heterocycles. The van der Waals surface area contributed by atoms with Crippen molar-refractivity contribution in [3.8, 4) is 0 Å². The van der Waals surface area contributed by atoms with Gasteiger partial charge in [-0.3, -0.25) is 4.79 Å². The Bertz CT molecular complexity index is 519. The first kappa shape index (κ1) is 15.5. The number of carbonyl (C=O) groups is 1. The monoisotopic (exact) mass is 284 g/mol. The topological polar surface area (TPSA) is 34.9 Å². The normalized spacial score (nSPS) is 12.2. The van der Waals surface area contributed by atoms with E-state index >= 15 is 0 Å². The molecular weight excluding hydrogens is 260 g/mol. The molecule has 3 nitrogen and oxygen atoms in total. The lowest BCUT2D eigenvalue weighted by Gasteiger charge is -2.17. The van der Waals surface area contributed by atoms with E-state index in [1.165, 1.54) is 25.7 Å². The number of nitrogens with zero attached hydrogens (tertiary/aromatic N) is 2. The molecule has 2 rings (SSSR count). The van der Waals surface area contributed by atoms with Crippen molar-refractivity contribution in [1.82, 2.24) is 9.55 Å². The van der Waals surface area contributed by atoms with E-state index in [4.69, 9.17) is 0 Å². The lowest BCUT2D eigenvalue weighted by atomic mass is 9.98. The van der Waals surface area contributed by atoms with E-state index in [-0.39, 0.29) is 11.8 Å². The van der Waals surface area contributed by atoms with Gasteiger partial charge in [0.2, 0.25) is 0 Å². The summed E-state index contributed by atoms with van der Waals surface area (Å²) in [6.45, 7) is 2.22. The predicted molar refractivity (Wildman–Crippen MR) is 85.4 cm³/mol. The maximum atomic E-state index is 12.7. The molecule has 2 aromatic rings. The van der Waals surface area contributed by atoms with Crippen LogP contribution in [0.1, 0.15) is 61.8 Å². The van der Waals surface area contributed by atoms with Crippen molar-refractivity contribution in [3.05, 3.63) is 54.6 Å². The minimum absolute atomic E-state index is 0.128. The highest BCUT2D eigenvalue weighted by Crippen LogP contribution is 2.21. The summed E-state index contributed by atoms with van der Waals surface area (Å²) >= 11 is 0. The molecule has 0 aliphatic rings. The molecule has 0 aliphatic carbocycles. The van der Waals surface area contributed by atoms with Crippen LogP contribution < -0.4 is 0 Å². The van der Waals surface area contributed by atoms with Crippen LogP contribution in [-0.2, 0) is 0 Å². The molecular formula is C18H24N2O. The second kappa shape index (κ2) is 8.40. The smallest absolute Gasteiger partial charge is 0.185 e. The molecule has 1 atom stereocenters. The van der Waals surface area contributed by atoms with E-state index in [2.05, 4.69) is 11.9 Å². The van der Waals surface area contributed by atoms with Crippen LogP contribution in [0.25, 0.3) is 0 Å². The van der Waals surface area contributed by atoms with Gasteiger partial charge in [0.05, 0.1) is 12.4 Å². The van der Waals surface area contributed by atoms with Gasteiger partial charge in [0.25, 0.3) is 0 Å². The number of carbonyl (C=O) groups excluding carboxylic acids is 1. The Morgan fingerprint density at radius 2 is 1.90 bits per heavy atom. The van der Waals surface area contributed by atoms with Crippen LogP contribution in [-0.4, -0.2) is 15.3 Å². The molecule has 0 fully saturated rings. The number of hydrogen-bond acceptors (Lipinski definition) is 2. The van der Waals surface area contributed by atoms with Gasteiger partial charge in [0, 0.05) is 18.0 Å². The van der Waals surface area contributed by atoms with Crippen LogP contribution in [0.4, 0.5) is 0 Å². The van der Waals surface area contributed by atoms with Gasteiger partial charge >= 0.3 is 0 Å². The number of Topliss-reactive ketones (excluding diaryl/α,β-unsaturated/α-hetero) is 1. The lowest BCUT2D eigenvalue weighted by Crippen LogP contribution is -2.18. The number of imidazole rings is 1. The van der Waals surface area contributed by atoms with E-state index in [1.807, 2.05) is 41.1 Å². The molecule has 0 spiro atoms. The fraction of sp³-hybridized carbons (Fsp3) is 0.444. The standard InChI is InChI=1S/C18H24N2O/c1-2-3-4-5-9-12-17(20-14-13-19-15-20)18(21)16-10-7-6-8-11-16/h6-8,10-11,13-15,17H,2-5,9,12H2,1H3. The van der Waals surface area contributed by atoms with Gasteiger partial charge in [0.15, 0.2) is 5.78 Å². The highest BCUT2D eigenvalue weighted by Gasteiger charge is 2.20. The molecule has 3 heteroatoms. The zero-order chi connectivity index (χ0) is 14.9. The lowest BCUT2D eigenvalue weighted by molar-refractivity contribution is 0.0917. The number of rotatable bonds is 9. The summed E-state index contributed by atoms with van der Waals surface area (Å²) in [6, 6.07) is 9.43. The highest BCUT2D eigenvalue weighted by molar-refractivity contribution is 5.98. The fourth-order valence-corrected chi connectivity index (χ4v) is 2.61. The van der Waals surface area contributed by atoms with Crippen LogP contribution >= 0.6 is 0 Å². The Labute approximate surface area is 127 Å². The number of ketones is 1. The van der Waals surface area contributed by atoms with Crippen molar-refractivity contribution in [2.24, 2.45) is 0 Å². The summed E-state index contributed by atoms with van der Waals surface area (Å²) in [6.07, 6.45) is 12.3. The average molecular weight is 284 g/mol. The van der Waals surface area contributed by atoms with Gasteiger partial charge in [-0.05, 0) is 6.42 Å². The van der Waals surface area contributed by atoms with Gasteiger partial charge in [-0.2, -0.15) is 0 Å². The fourth-order valence-electron chi connectivity index (χ4n) is 2.61. The first-order valence-electron chi connectivity index (χ1n) is 7.89. The zero-order valence-corrected chi connectivity index (χ0v) is 12.7. The largest absolute Gasteiger partial charge is 0.327 e. The quantitative estimate of drug-likeness (QED) is 0.495. The zero-order valence-electron chi connectivity index (χ0n) is 12.7. The molecule has 0 saturated carbocycles. The van der Waals surface area contributed by atoms with Gasteiger partial charge in [-0.15, -0.1) is 0 Å². The van der Waals surface area contributed by atoms with Gasteiger partial charge < -0.3 is 4.57 Å². The maximum absolute atomic E-state index is 12.7. The third-order valence-corrected chi connectivity index (χ3v) is 3.83. The summed E-state index contributed by atoms with van der Waals surface area (Å²) in [5.41, 5.74) is 0.782. The SMILES string of the molecule is CCCCCCCC(C(=O)c1ccccc1)n1ccnc1. The van der Waals surface area contributed by atoms with E-state index in [9.17, 15) is 4.79 Å². The Balaban J connectivity index is 2.01. The molecule has 0 saturated heterocycles. The molecule has 112 valence electrons. The first-order valence-corrected chi connectivity index (χ1v) is 7.89. The molecule has 21 heavy (non-hydrogen) atoms. The summed E-state index contributed by atoms with van der Waals surface area (Å²) in [4.78, 5) is 16.8. The maximum Gasteiger partial charge on any atom is 0.185 e. The third-order valence-electron chi connectivity index (χ3n) is 3.83. The number of aromatic nitrogens is 2. The molecule has 1 heterocycles. The van der Waals surface area contributed by atoms with Crippen molar-refractivity contribution >= 4 is 5.78 Å². The van der Waals surface area contributed by atoms with Crippen LogP contribution in [0.3, 0.4) is 0 Å². The Kier molecular flexibility index (Phi) is 6.20. The number of unbranched alkanes of at least 4 members (excludes halogenated alkanes) is 4. The van der Waals surface area contributed by atoms with E-state index in [0.717, 1.165) is 18.4 Å². The van der Waals surface area contributed by atoms with E-state index in [1.54, 1.807) is 12.5 Å². The summed E-state index contributed by atoms with van der Waals surface area (Å²) in [7, 11) is 0. The second-order valence-electron chi connectivity index (χ2n) is 5.46. The van der Waals surface area contributed by atoms with Crippen LogP contribution in [0.15, 0.2) is 49.1 Å². The molecule has 0 amide bonds. The van der Waals surface area contributed by atoms with Gasteiger partial charge in [0.1, 0.15) is 0 Å². The van der Waals surface area contributed by atoms with Crippen molar-refractivity contribution in [3.63, 3.8) is 0 Å². The Morgan fingerprint density at radius 1 is 1.14 bits per heavy atom. The Hall–Kier alpha value is -1.90. The molecule has 1 unspecified atom stereocenters. The summed E-state index contributed by atoms with van der Waals surface area (Å²) in [5.74, 6) is 0.184. The van der Waals surface area contributed by atoms with Crippen molar-refractivity contribution < 1.29 is 4.79 Å². The van der Waals surface area contributed by atoms with Crippen LogP contribution in [0.5, 0.6) is 0 Å². The first-order chi connectivity index (χ1) is 10.3. The minimum atomic E-state index is -0.128. The molecule has 0 radical (unpaired) electrons. The third kappa shape index (κ3) is 4.55. The number of benzene rings is 1. The average Bonchev–Trinajstić information content (AvgIpc) is 3.05. The molecule has 1 aromatic carbocycles. The summed E-state index contributed by atoms with van der Waals surface area (Å²) < 4.78 is 1.94. The van der Waals surface area contributed by atoms with E-state index < -0.39 is 0 Å². The molecule has 0 N–H and O–H groups in total. The second-order valence-corrected chi connectivity index (χ2v) is 5.46. The summed E-state index contributed by atoms with van der Waals surface area (Å²) in [5, 5.41) is 0. The van der Waals surface area contributed by atoms with Crippen molar-refractivity contribution in [2.75, 3.05) is 0 Å². The molecule has 0 bridgehead atoms. The number of hydrogen-bond donors (Lipinski definition) is 0. The minimum Gasteiger partial charge on any atom is -0.327 e. The van der Waals surface area contributed by atoms with Crippen LogP contribution in [0.2, 0.25) is 0 Å². The van der Waals surface area contributed by atoms with Gasteiger partial charge in [-0.1, -0.05) is 69.4 Å². The van der Waals surface area contributed by atoms with Gasteiger partial charge in [-0.25, -0.2) is 4.98 Å². The van der Waals surface area contributed by atoms with Crippen LogP contribution in [0, 0.1) is 0 Å². The highest BCUT2D eigenvalue weighted by atomic mass is 16.1.